The highest BCUT2D eigenvalue weighted by Gasteiger charge is 2.27. The molecule has 2 aliphatic heterocycles. The molecular weight excluding hydrogens is 362 g/mol. The standard InChI is InChI=1S/C24H29N3O2/c28-22(26-11-2-1-3-12-26)17-25-13-15-27(16-14-25)24(29)21-10-9-19-8-7-18-5-4-6-20(21)23(18)19/h4-6,9-10H,1-3,7-8,11-17H2. The zero-order valence-corrected chi connectivity index (χ0v) is 17.0. The van der Waals surface area contributed by atoms with Crippen LogP contribution in [0.1, 0.15) is 40.7 Å². The van der Waals surface area contributed by atoms with Crippen LogP contribution in [-0.2, 0) is 17.6 Å². The van der Waals surface area contributed by atoms with Gasteiger partial charge in [0, 0.05) is 44.8 Å². The van der Waals surface area contributed by atoms with Gasteiger partial charge in [-0.05, 0) is 60.1 Å². The highest BCUT2D eigenvalue weighted by molar-refractivity contribution is 6.09. The Morgan fingerprint density at radius 2 is 1.48 bits per heavy atom. The number of likely N-dealkylation sites (tertiary alicyclic amines) is 1. The van der Waals surface area contributed by atoms with Crippen LogP contribution in [0.5, 0.6) is 0 Å². The van der Waals surface area contributed by atoms with E-state index in [1.807, 2.05) is 15.9 Å². The van der Waals surface area contributed by atoms with Crippen LogP contribution in [0.25, 0.3) is 10.8 Å². The van der Waals surface area contributed by atoms with Crippen LogP contribution in [0.2, 0.25) is 0 Å². The summed E-state index contributed by atoms with van der Waals surface area (Å²) >= 11 is 0. The zero-order chi connectivity index (χ0) is 19.8. The van der Waals surface area contributed by atoms with Crippen molar-refractivity contribution in [3.8, 4) is 0 Å². The average molecular weight is 392 g/mol. The van der Waals surface area contributed by atoms with Crippen molar-refractivity contribution in [1.29, 1.82) is 0 Å². The third-order valence-electron chi connectivity index (χ3n) is 6.83. The number of hydrogen-bond acceptors (Lipinski definition) is 3. The summed E-state index contributed by atoms with van der Waals surface area (Å²) in [6, 6.07) is 10.5. The molecule has 1 aliphatic carbocycles. The maximum atomic E-state index is 13.3. The smallest absolute Gasteiger partial charge is 0.254 e. The SMILES string of the molecule is O=C(CN1CCN(C(=O)c2ccc3c4c(cccc24)CC3)CC1)N1CCCCC1. The number of aryl methyl sites for hydroxylation is 2. The predicted molar refractivity (Wildman–Crippen MR) is 114 cm³/mol. The molecule has 152 valence electrons. The number of benzene rings is 2. The van der Waals surface area contributed by atoms with E-state index in [1.165, 1.54) is 22.9 Å². The van der Waals surface area contributed by atoms with Gasteiger partial charge in [-0.2, -0.15) is 0 Å². The maximum absolute atomic E-state index is 13.3. The van der Waals surface area contributed by atoms with Crippen LogP contribution < -0.4 is 0 Å². The van der Waals surface area contributed by atoms with Gasteiger partial charge in [-0.15, -0.1) is 0 Å². The van der Waals surface area contributed by atoms with Crippen LogP contribution in [0.15, 0.2) is 30.3 Å². The minimum Gasteiger partial charge on any atom is -0.342 e. The Bertz CT molecular complexity index is 930. The van der Waals surface area contributed by atoms with E-state index < -0.39 is 0 Å². The molecule has 0 bridgehead atoms. The summed E-state index contributed by atoms with van der Waals surface area (Å²) in [7, 11) is 0. The topological polar surface area (TPSA) is 43.9 Å². The molecule has 5 rings (SSSR count). The lowest BCUT2D eigenvalue weighted by Crippen LogP contribution is -2.52. The van der Waals surface area contributed by atoms with Gasteiger partial charge in [-0.25, -0.2) is 0 Å². The molecule has 0 radical (unpaired) electrons. The third kappa shape index (κ3) is 3.52. The van der Waals surface area contributed by atoms with Crippen molar-refractivity contribution in [3.05, 3.63) is 47.0 Å². The van der Waals surface area contributed by atoms with Gasteiger partial charge in [0.2, 0.25) is 5.91 Å². The number of nitrogens with zero attached hydrogens (tertiary/aromatic N) is 3. The summed E-state index contributed by atoms with van der Waals surface area (Å²) in [4.78, 5) is 32.0. The minimum absolute atomic E-state index is 0.127. The second-order valence-corrected chi connectivity index (χ2v) is 8.62. The fourth-order valence-electron chi connectivity index (χ4n) is 5.15. The normalized spacial score (nSPS) is 19.7. The van der Waals surface area contributed by atoms with E-state index in [0.29, 0.717) is 19.6 Å². The van der Waals surface area contributed by atoms with E-state index in [0.717, 1.165) is 62.8 Å². The largest absolute Gasteiger partial charge is 0.342 e. The molecule has 0 unspecified atom stereocenters. The first kappa shape index (κ1) is 18.6. The van der Waals surface area contributed by atoms with Crippen molar-refractivity contribution < 1.29 is 9.59 Å². The fourth-order valence-corrected chi connectivity index (χ4v) is 5.15. The highest BCUT2D eigenvalue weighted by Crippen LogP contribution is 2.33. The summed E-state index contributed by atoms with van der Waals surface area (Å²) in [5, 5.41) is 2.40. The number of amides is 2. The van der Waals surface area contributed by atoms with Gasteiger partial charge in [0.25, 0.3) is 5.91 Å². The summed E-state index contributed by atoms with van der Waals surface area (Å²) in [6.07, 6.45) is 5.65. The van der Waals surface area contributed by atoms with Gasteiger partial charge < -0.3 is 9.80 Å². The van der Waals surface area contributed by atoms with Crippen molar-refractivity contribution in [1.82, 2.24) is 14.7 Å². The van der Waals surface area contributed by atoms with E-state index in [1.54, 1.807) is 0 Å². The number of hydrogen-bond donors (Lipinski definition) is 0. The van der Waals surface area contributed by atoms with E-state index in [-0.39, 0.29) is 11.8 Å². The summed E-state index contributed by atoms with van der Waals surface area (Å²) in [5.41, 5.74) is 3.56. The lowest BCUT2D eigenvalue weighted by molar-refractivity contribution is -0.133. The van der Waals surface area contributed by atoms with Gasteiger partial charge in [0.15, 0.2) is 0 Å². The number of carbonyl (C=O) groups is 2. The molecule has 2 saturated heterocycles. The van der Waals surface area contributed by atoms with Gasteiger partial charge in [0.05, 0.1) is 6.54 Å². The number of piperidine rings is 1. The molecule has 2 aromatic carbocycles. The van der Waals surface area contributed by atoms with Crippen LogP contribution in [0.4, 0.5) is 0 Å². The van der Waals surface area contributed by atoms with Crippen molar-refractivity contribution in [2.24, 2.45) is 0 Å². The van der Waals surface area contributed by atoms with Crippen LogP contribution in [0.3, 0.4) is 0 Å². The Balaban J connectivity index is 1.24. The van der Waals surface area contributed by atoms with Gasteiger partial charge in [0.1, 0.15) is 0 Å². The Morgan fingerprint density at radius 1 is 0.759 bits per heavy atom. The van der Waals surface area contributed by atoms with E-state index in [9.17, 15) is 9.59 Å². The summed E-state index contributed by atoms with van der Waals surface area (Å²) in [5.74, 6) is 0.375. The number of carbonyl (C=O) groups excluding carboxylic acids is 2. The van der Waals surface area contributed by atoms with E-state index in [2.05, 4.69) is 29.2 Å². The van der Waals surface area contributed by atoms with Gasteiger partial charge in [-0.1, -0.05) is 24.3 Å². The highest BCUT2D eigenvalue weighted by atomic mass is 16.2. The molecule has 2 amide bonds. The molecule has 0 atom stereocenters. The van der Waals surface area contributed by atoms with Gasteiger partial charge >= 0.3 is 0 Å². The summed E-state index contributed by atoms with van der Waals surface area (Å²) in [6.45, 7) is 5.22. The lowest BCUT2D eigenvalue weighted by atomic mass is 9.99. The fraction of sp³-hybridized carbons (Fsp3) is 0.500. The molecule has 29 heavy (non-hydrogen) atoms. The van der Waals surface area contributed by atoms with Crippen molar-refractivity contribution in [2.45, 2.75) is 32.1 Å². The Labute approximate surface area is 172 Å². The second kappa shape index (κ2) is 7.79. The minimum atomic E-state index is 0.127. The molecule has 2 aromatic rings. The van der Waals surface area contributed by atoms with Crippen LogP contribution in [-0.4, -0.2) is 72.3 Å². The van der Waals surface area contributed by atoms with E-state index >= 15 is 0 Å². The van der Waals surface area contributed by atoms with Gasteiger partial charge in [-0.3, -0.25) is 14.5 Å². The maximum Gasteiger partial charge on any atom is 0.254 e. The second-order valence-electron chi connectivity index (χ2n) is 8.62. The molecule has 5 nitrogen and oxygen atoms in total. The monoisotopic (exact) mass is 391 g/mol. The van der Waals surface area contributed by atoms with Crippen LogP contribution >= 0.6 is 0 Å². The average Bonchev–Trinajstić information content (AvgIpc) is 3.20. The first-order chi connectivity index (χ1) is 14.2. The van der Waals surface area contributed by atoms with Crippen LogP contribution in [0, 0.1) is 0 Å². The van der Waals surface area contributed by atoms with E-state index in [4.69, 9.17) is 0 Å². The Kier molecular flexibility index (Phi) is 5.00. The first-order valence-electron chi connectivity index (χ1n) is 11.0. The zero-order valence-electron chi connectivity index (χ0n) is 17.0. The van der Waals surface area contributed by atoms with Crippen molar-refractivity contribution in [3.63, 3.8) is 0 Å². The molecule has 2 heterocycles. The Morgan fingerprint density at radius 3 is 2.24 bits per heavy atom. The third-order valence-corrected chi connectivity index (χ3v) is 6.83. The number of piperazine rings is 1. The summed E-state index contributed by atoms with van der Waals surface area (Å²) < 4.78 is 0. The molecule has 0 spiro atoms. The van der Waals surface area contributed by atoms with Crippen molar-refractivity contribution in [2.75, 3.05) is 45.8 Å². The molecular formula is C24H29N3O2. The molecule has 0 saturated carbocycles. The number of rotatable bonds is 3. The lowest BCUT2D eigenvalue weighted by Gasteiger charge is -2.36. The molecule has 5 heteroatoms. The predicted octanol–water partition coefficient (Wildman–Crippen LogP) is 2.71. The molecule has 2 fully saturated rings. The molecule has 0 N–H and O–H groups in total. The first-order valence-corrected chi connectivity index (χ1v) is 11.0. The molecule has 0 aromatic heterocycles. The Hall–Kier alpha value is -2.40. The molecule has 3 aliphatic rings. The van der Waals surface area contributed by atoms with Crippen molar-refractivity contribution >= 4 is 22.6 Å². The quantitative estimate of drug-likeness (QED) is 0.808.